The molecule has 0 aromatic carbocycles. The molecule has 0 aliphatic carbocycles. The Hall–Kier alpha value is -1.11. The number of rotatable bonds is 7. The van der Waals surface area contributed by atoms with E-state index in [2.05, 4.69) is 20.8 Å². The number of alkyl halides is 1. The molecule has 0 N–H and O–H groups in total. The first-order valence-corrected chi connectivity index (χ1v) is 7.03. The number of hydrogen-bond acceptors (Lipinski definition) is 5. The molecule has 1 saturated heterocycles. The smallest absolute Gasteiger partial charge is 0.433 e. The molecular weight excluding hydrogens is 306 g/mol. The molecule has 1 heterocycles. The highest BCUT2D eigenvalue weighted by Gasteiger charge is 2.33. The topological polar surface area (TPSA) is 72.9 Å². The normalized spacial score (nSPS) is 15.1. The van der Waals surface area contributed by atoms with E-state index in [1.165, 1.54) is 0 Å². The Bertz CT molecular complexity index is 305. The van der Waals surface area contributed by atoms with Crippen LogP contribution in [0.3, 0.4) is 0 Å². The monoisotopic (exact) mass is 321 g/mol. The number of imide groups is 1. The van der Waals surface area contributed by atoms with Crippen LogP contribution in [-0.2, 0) is 19.2 Å². The Labute approximate surface area is 114 Å². The zero-order chi connectivity index (χ0) is 13.4. The van der Waals surface area contributed by atoms with Crippen LogP contribution in [0.4, 0.5) is 4.79 Å². The fraction of sp³-hybridized carbons (Fsp3) is 0.727. The lowest BCUT2D eigenvalue weighted by Crippen LogP contribution is -2.32. The summed E-state index contributed by atoms with van der Waals surface area (Å²) in [5.74, 6) is -1.01. The van der Waals surface area contributed by atoms with Gasteiger partial charge >= 0.3 is 6.16 Å². The summed E-state index contributed by atoms with van der Waals surface area (Å²) in [6, 6.07) is 0. The highest BCUT2D eigenvalue weighted by molar-refractivity contribution is 9.09. The average molecular weight is 322 g/mol. The Kier molecular flexibility index (Phi) is 6.70. The molecule has 0 radical (unpaired) electrons. The molecule has 0 bridgehead atoms. The highest BCUT2D eigenvalue weighted by atomic mass is 79.9. The second kappa shape index (κ2) is 8.07. The van der Waals surface area contributed by atoms with Crippen LogP contribution in [0.25, 0.3) is 0 Å². The lowest BCUT2D eigenvalue weighted by atomic mass is 10.2. The Balaban J connectivity index is 2.10. The van der Waals surface area contributed by atoms with Crippen molar-refractivity contribution in [2.24, 2.45) is 0 Å². The van der Waals surface area contributed by atoms with Gasteiger partial charge in [0.15, 0.2) is 0 Å². The molecule has 102 valence electrons. The van der Waals surface area contributed by atoms with Gasteiger partial charge in [-0.1, -0.05) is 33.8 Å². The minimum absolute atomic E-state index is 0.0820. The van der Waals surface area contributed by atoms with Crippen LogP contribution >= 0.6 is 15.9 Å². The van der Waals surface area contributed by atoms with Crippen molar-refractivity contribution in [2.45, 2.75) is 38.5 Å². The van der Waals surface area contributed by atoms with E-state index < -0.39 is 18.0 Å². The quantitative estimate of drug-likeness (QED) is 0.311. The van der Waals surface area contributed by atoms with Gasteiger partial charge < -0.3 is 4.74 Å². The van der Waals surface area contributed by atoms with Gasteiger partial charge in [0.05, 0.1) is 6.61 Å². The Morgan fingerprint density at radius 1 is 1.11 bits per heavy atom. The summed E-state index contributed by atoms with van der Waals surface area (Å²) in [6.07, 6.45) is 3.01. The van der Waals surface area contributed by atoms with Gasteiger partial charge in [-0.3, -0.25) is 14.4 Å². The van der Waals surface area contributed by atoms with Gasteiger partial charge in [0.25, 0.3) is 11.8 Å². The summed E-state index contributed by atoms with van der Waals surface area (Å²) in [4.78, 5) is 38.0. The van der Waals surface area contributed by atoms with Crippen LogP contribution in [0.1, 0.15) is 38.5 Å². The SMILES string of the molecule is O=C(OCCCCCCBr)ON1C(=O)CCC1=O. The van der Waals surface area contributed by atoms with Gasteiger partial charge in [-0.25, -0.2) is 4.79 Å². The van der Waals surface area contributed by atoms with E-state index in [9.17, 15) is 14.4 Å². The van der Waals surface area contributed by atoms with E-state index in [4.69, 9.17) is 4.74 Å². The maximum atomic E-state index is 11.2. The number of unbranched alkanes of at least 4 members (excludes halogenated alkanes) is 3. The van der Waals surface area contributed by atoms with Crippen molar-refractivity contribution in [3.05, 3.63) is 0 Å². The van der Waals surface area contributed by atoms with Crippen LogP contribution in [0, 0.1) is 0 Å². The zero-order valence-electron chi connectivity index (χ0n) is 10.0. The van der Waals surface area contributed by atoms with E-state index in [0.29, 0.717) is 5.06 Å². The molecule has 1 rings (SSSR count). The molecule has 6 nitrogen and oxygen atoms in total. The van der Waals surface area contributed by atoms with Crippen molar-refractivity contribution in [2.75, 3.05) is 11.9 Å². The lowest BCUT2D eigenvalue weighted by molar-refractivity contribution is -0.177. The Morgan fingerprint density at radius 3 is 2.33 bits per heavy atom. The minimum Gasteiger partial charge on any atom is -0.433 e. The fourth-order valence-electron chi connectivity index (χ4n) is 1.46. The second-order valence-corrected chi connectivity index (χ2v) is 4.67. The minimum atomic E-state index is -1.00. The van der Waals surface area contributed by atoms with Crippen molar-refractivity contribution in [3.8, 4) is 0 Å². The van der Waals surface area contributed by atoms with E-state index >= 15 is 0 Å². The molecule has 1 aliphatic heterocycles. The Morgan fingerprint density at radius 2 is 1.72 bits per heavy atom. The number of amides is 2. The predicted octanol–water partition coefficient (Wildman–Crippen LogP) is 2.16. The molecule has 1 fully saturated rings. The molecule has 2 amide bonds. The average Bonchev–Trinajstić information content (AvgIpc) is 2.65. The van der Waals surface area contributed by atoms with Gasteiger partial charge in [0.1, 0.15) is 0 Å². The highest BCUT2D eigenvalue weighted by Crippen LogP contribution is 2.12. The van der Waals surface area contributed by atoms with Crippen LogP contribution in [-0.4, -0.2) is 35.0 Å². The number of carbonyl (C=O) groups is 3. The van der Waals surface area contributed by atoms with Crippen molar-refractivity contribution >= 4 is 33.9 Å². The van der Waals surface area contributed by atoms with Crippen molar-refractivity contribution < 1.29 is 24.0 Å². The zero-order valence-corrected chi connectivity index (χ0v) is 11.6. The van der Waals surface area contributed by atoms with Crippen molar-refractivity contribution in [1.82, 2.24) is 5.06 Å². The number of hydroxylamine groups is 2. The maximum Gasteiger partial charge on any atom is 0.533 e. The largest absolute Gasteiger partial charge is 0.533 e. The molecule has 0 saturated carbocycles. The number of hydrogen-bond donors (Lipinski definition) is 0. The third-order valence-electron chi connectivity index (χ3n) is 2.42. The summed E-state index contributed by atoms with van der Waals surface area (Å²) in [5.41, 5.74) is 0. The van der Waals surface area contributed by atoms with E-state index in [-0.39, 0.29) is 19.4 Å². The summed E-state index contributed by atoms with van der Waals surface area (Å²) < 4.78 is 4.76. The van der Waals surface area contributed by atoms with Crippen LogP contribution in [0.15, 0.2) is 0 Å². The summed E-state index contributed by atoms with van der Waals surface area (Å²) in [7, 11) is 0. The molecule has 0 unspecified atom stereocenters. The third-order valence-corrected chi connectivity index (χ3v) is 2.98. The number of nitrogens with zero attached hydrogens (tertiary/aromatic N) is 1. The van der Waals surface area contributed by atoms with E-state index in [1.807, 2.05) is 0 Å². The van der Waals surface area contributed by atoms with Gasteiger partial charge in [-0.2, -0.15) is 0 Å². The standard InChI is InChI=1S/C11H16BrNO5/c12-7-3-1-2-4-8-17-11(16)18-13-9(14)5-6-10(13)15/h1-8H2. The van der Waals surface area contributed by atoms with E-state index in [1.54, 1.807) is 0 Å². The summed E-state index contributed by atoms with van der Waals surface area (Å²) >= 11 is 3.33. The molecule has 18 heavy (non-hydrogen) atoms. The molecule has 7 heteroatoms. The molecular formula is C11H16BrNO5. The van der Waals surface area contributed by atoms with Crippen molar-refractivity contribution in [3.63, 3.8) is 0 Å². The van der Waals surface area contributed by atoms with Gasteiger partial charge in [-0.15, -0.1) is 0 Å². The summed E-state index contributed by atoms with van der Waals surface area (Å²) in [5, 5.41) is 1.45. The maximum absolute atomic E-state index is 11.2. The van der Waals surface area contributed by atoms with Crippen LogP contribution < -0.4 is 0 Å². The second-order valence-electron chi connectivity index (χ2n) is 3.87. The lowest BCUT2D eigenvalue weighted by Gasteiger charge is -2.12. The van der Waals surface area contributed by atoms with Gasteiger partial charge in [-0.05, 0) is 12.8 Å². The third kappa shape index (κ3) is 5.03. The predicted molar refractivity (Wildman–Crippen MR) is 65.8 cm³/mol. The van der Waals surface area contributed by atoms with E-state index in [0.717, 1.165) is 31.0 Å². The molecule has 1 aliphatic rings. The first kappa shape index (κ1) is 14.9. The summed E-state index contributed by atoms with van der Waals surface area (Å²) in [6.45, 7) is 0.233. The fourth-order valence-corrected chi connectivity index (χ4v) is 1.86. The number of halogens is 1. The van der Waals surface area contributed by atoms with Crippen LogP contribution in [0.5, 0.6) is 0 Å². The first-order valence-electron chi connectivity index (χ1n) is 5.91. The first-order chi connectivity index (χ1) is 8.65. The molecule has 0 atom stereocenters. The molecule has 0 aromatic heterocycles. The van der Waals surface area contributed by atoms with Crippen LogP contribution in [0.2, 0.25) is 0 Å². The molecule has 0 spiro atoms. The number of carbonyl (C=O) groups excluding carboxylic acids is 3. The van der Waals surface area contributed by atoms with Gasteiger partial charge in [0, 0.05) is 18.2 Å². The van der Waals surface area contributed by atoms with Crippen molar-refractivity contribution in [1.29, 1.82) is 0 Å². The number of ether oxygens (including phenoxy) is 1. The molecule has 0 aromatic rings. The van der Waals surface area contributed by atoms with Gasteiger partial charge in [0.2, 0.25) is 0 Å².